The van der Waals surface area contributed by atoms with Crippen molar-refractivity contribution >= 4 is 11.7 Å². The summed E-state index contributed by atoms with van der Waals surface area (Å²) < 4.78 is 0. The Hall–Kier alpha value is -2.49. The van der Waals surface area contributed by atoms with E-state index in [1.807, 2.05) is 12.1 Å². The van der Waals surface area contributed by atoms with Crippen LogP contribution in [0.15, 0.2) is 42.6 Å². The Bertz CT molecular complexity index is 531. The topological polar surface area (TPSA) is 73.1 Å². The van der Waals surface area contributed by atoms with Gasteiger partial charge in [-0.3, -0.25) is 14.6 Å². The number of hydrogen-bond acceptors (Lipinski definition) is 3. The molecule has 2 rings (SSSR count). The van der Waals surface area contributed by atoms with E-state index in [1.54, 1.807) is 24.3 Å². The van der Waals surface area contributed by atoms with Gasteiger partial charge in [0.2, 0.25) is 5.91 Å². The molecule has 18 heavy (non-hydrogen) atoms. The van der Waals surface area contributed by atoms with Gasteiger partial charge in [-0.2, -0.15) is 0 Å². The monoisotopic (exact) mass is 240 g/mol. The second-order valence-electron chi connectivity index (χ2n) is 3.93. The van der Waals surface area contributed by atoms with Gasteiger partial charge in [-0.15, -0.1) is 0 Å². The maximum Gasteiger partial charge on any atom is 0.250 e. The van der Waals surface area contributed by atoms with Gasteiger partial charge in [-0.05, 0) is 19.1 Å². The van der Waals surface area contributed by atoms with E-state index in [9.17, 15) is 9.59 Å². The summed E-state index contributed by atoms with van der Waals surface area (Å²) in [6.07, 6.45) is 1.44. The van der Waals surface area contributed by atoms with Crippen LogP contribution < -0.4 is 5.73 Å². The number of nitrogens with two attached hydrogens (primary N) is 1. The fraction of sp³-hybridized carbons (Fsp3) is 0.0714. The minimum atomic E-state index is -0.499. The van der Waals surface area contributed by atoms with Gasteiger partial charge in [0.05, 0.1) is 11.3 Å². The van der Waals surface area contributed by atoms with Crippen LogP contribution in [-0.4, -0.2) is 16.7 Å². The molecule has 0 aliphatic heterocycles. The van der Waals surface area contributed by atoms with Crippen molar-refractivity contribution in [2.45, 2.75) is 6.92 Å². The highest BCUT2D eigenvalue weighted by atomic mass is 16.1. The standard InChI is InChI=1S/C14H12N2O2/c1-9(17)10-2-4-11(5-3-10)13-7-6-12(8-16-13)14(15)18/h2-8H,1H3,(H2,15,18). The molecule has 0 aliphatic rings. The molecule has 0 saturated carbocycles. The largest absolute Gasteiger partial charge is 0.366 e. The molecule has 0 atom stereocenters. The summed E-state index contributed by atoms with van der Waals surface area (Å²) in [5, 5.41) is 0. The first-order chi connectivity index (χ1) is 8.58. The third-order valence-electron chi connectivity index (χ3n) is 2.64. The summed E-state index contributed by atoms with van der Waals surface area (Å²) in [7, 11) is 0. The van der Waals surface area contributed by atoms with Crippen molar-refractivity contribution in [2.24, 2.45) is 5.73 Å². The third kappa shape index (κ3) is 2.43. The molecule has 2 N–H and O–H groups in total. The quantitative estimate of drug-likeness (QED) is 0.834. The second-order valence-corrected chi connectivity index (χ2v) is 3.93. The van der Waals surface area contributed by atoms with Gasteiger partial charge in [-0.25, -0.2) is 0 Å². The second kappa shape index (κ2) is 4.79. The lowest BCUT2D eigenvalue weighted by Gasteiger charge is -2.02. The molecular weight excluding hydrogens is 228 g/mol. The molecule has 0 unspecified atom stereocenters. The van der Waals surface area contributed by atoms with Crippen LogP contribution in [0.4, 0.5) is 0 Å². The number of ketones is 1. The lowest BCUT2D eigenvalue weighted by Crippen LogP contribution is -2.10. The smallest absolute Gasteiger partial charge is 0.250 e. The van der Waals surface area contributed by atoms with Gasteiger partial charge in [0.25, 0.3) is 0 Å². The summed E-state index contributed by atoms with van der Waals surface area (Å²) >= 11 is 0. The Morgan fingerprint density at radius 2 is 1.61 bits per heavy atom. The van der Waals surface area contributed by atoms with Crippen LogP contribution in [0, 0.1) is 0 Å². The highest BCUT2D eigenvalue weighted by molar-refractivity contribution is 5.94. The van der Waals surface area contributed by atoms with E-state index in [0.717, 1.165) is 11.3 Å². The lowest BCUT2D eigenvalue weighted by atomic mass is 10.1. The van der Waals surface area contributed by atoms with E-state index < -0.39 is 5.91 Å². The molecule has 1 aromatic carbocycles. The van der Waals surface area contributed by atoms with E-state index >= 15 is 0 Å². The molecule has 0 fully saturated rings. The first kappa shape index (κ1) is 12.0. The Morgan fingerprint density at radius 3 is 2.06 bits per heavy atom. The molecule has 0 spiro atoms. The molecule has 2 aromatic rings. The summed E-state index contributed by atoms with van der Waals surface area (Å²) in [5.74, 6) is -0.473. The van der Waals surface area contributed by atoms with Gasteiger partial charge in [0.15, 0.2) is 5.78 Å². The fourth-order valence-electron chi connectivity index (χ4n) is 1.59. The van der Waals surface area contributed by atoms with Crippen LogP contribution in [0.2, 0.25) is 0 Å². The van der Waals surface area contributed by atoms with Crippen LogP contribution in [0.25, 0.3) is 11.3 Å². The number of amides is 1. The van der Waals surface area contributed by atoms with Crippen molar-refractivity contribution in [3.8, 4) is 11.3 Å². The van der Waals surface area contributed by atoms with Crippen LogP contribution in [0.5, 0.6) is 0 Å². The van der Waals surface area contributed by atoms with Gasteiger partial charge < -0.3 is 5.73 Å². The molecule has 0 saturated heterocycles. The van der Waals surface area contributed by atoms with Crippen molar-refractivity contribution in [1.29, 1.82) is 0 Å². The first-order valence-corrected chi connectivity index (χ1v) is 5.45. The number of carbonyl (C=O) groups is 2. The van der Waals surface area contributed by atoms with Gasteiger partial charge in [0.1, 0.15) is 0 Å². The zero-order valence-corrected chi connectivity index (χ0v) is 9.88. The maximum absolute atomic E-state index is 11.1. The molecule has 1 amide bonds. The first-order valence-electron chi connectivity index (χ1n) is 5.45. The van der Waals surface area contributed by atoms with Crippen LogP contribution >= 0.6 is 0 Å². The van der Waals surface area contributed by atoms with Crippen LogP contribution in [-0.2, 0) is 0 Å². The molecule has 0 radical (unpaired) electrons. The van der Waals surface area contributed by atoms with Crippen molar-refractivity contribution in [3.05, 3.63) is 53.7 Å². The number of primary amides is 1. The summed E-state index contributed by atoms with van der Waals surface area (Å²) in [4.78, 5) is 26.2. The Balaban J connectivity index is 2.31. The number of Topliss-reactive ketones (excluding diaryl/α,β-unsaturated/α-hetero) is 1. The van der Waals surface area contributed by atoms with Crippen molar-refractivity contribution in [3.63, 3.8) is 0 Å². The summed E-state index contributed by atoms with van der Waals surface area (Å²) in [6, 6.07) is 10.5. The summed E-state index contributed by atoms with van der Waals surface area (Å²) in [5.41, 5.74) is 7.79. The van der Waals surface area contributed by atoms with Crippen molar-refractivity contribution in [1.82, 2.24) is 4.98 Å². The number of benzene rings is 1. The van der Waals surface area contributed by atoms with E-state index in [0.29, 0.717) is 11.1 Å². The predicted molar refractivity (Wildman–Crippen MR) is 68.2 cm³/mol. The Morgan fingerprint density at radius 1 is 1.00 bits per heavy atom. The normalized spacial score (nSPS) is 10.1. The molecule has 4 heteroatoms. The van der Waals surface area contributed by atoms with Gasteiger partial charge in [-0.1, -0.05) is 24.3 Å². The van der Waals surface area contributed by atoms with Crippen molar-refractivity contribution in [2.75, 3.05) is 0 Å². The average Bonchev–Trinajstić information content (AvgIpc) is 2.39. The fourth-order valence-corrected chi connectivity index (χ4v) is 1.59. The number of hydrogen-bond donors (Lipinski definition) is 1. The maximum atomic E-state index is 11.1. The van der Waals surface area contributed by atoms with Crippen molar-refractivity contribution < 1.29 is 9.59 Å². The molecule has 4 nitrogen and oxygen atoms in total. The zero-order valence-electron chi connectivity index (χ0n) is 9.88. The lowest BCUT2D eigenvalue weighted by molar-refractivity contribution is 0.0996. The van der Waals surface area contributed by atoms with Gasteiger partial charge >= 0.3 is 0 Å². The van der Waals surface area contributed by atoms with E-state index in [-0.39, 0.29) is 5.78 Å². The summed E-state index contributed by atoms with van der Waals surface area (Å²) in [6.45, 7) is 1.52. The molecule has 90 valence electrons. The minimum absolute atomic E-state index is 0.0265. The minimum Gasteiger partial charge on any atom is -0.366 e. The number of nitrogens with zero attached hydrogens (tertiary/aromatic N) is 1. The molecule has 1 heterocycles. The molecular formula is C14H12N2O2. The Kier molecular flexibility index (Phi) is 3.19. The SMILES string of the molecule is CC(=O)c1ccc(-c2ccc(C(N)=O)cn2)cc1. The zero-order chi connectivity index (χ0) is 13.1. The third-order valence-corrected chi connectivity index (χ3v) is 2.64. The average molecular weight is 240 g/mol. The predicted octanol–water partition coefficient (Wildman–Crippen LogP) is 2.05. The number of pyridine rings is 1. The number of rotatable bonds is 3. The number of carbonyl (C=O) groups excluding carboxylic acids is 2. The van der Waals surface area contributed by atoms with E-state index in [2.05, 4.69) is 4.98 Å². The Labute approximate surface area is 104 Å². The van der Waals surface area contributed by atoms with E-state index in [1.165, 1.54) is 13.1 Å². The van der Waals surface area contributed by atoms with E-state index in [4.69, 9.17) is 5.73 Å². The molecule has 1 aromatic heterocycles. The van der Waals surface area contributed by atoms with Crippen LogP contribution in [0.1, 0.15) is 27.6 Å². The molecule has 0 bridgehead atoms. The highest BCUT2D eigenvalue weighted by Crippen LogP contribution is 2.17. The highest BCUT2D eigenvalue weighted by Gasteiger charge is 2.04. The molecule has 0 aliphatic carbocycles. The van der Waals surface area contributed by atoms with Gasteiger partial charge in [0, 0.05) is 17.3 Å². The van der Waals surface area contributed by atoms with Crippen LogP contribution in [0.3, 0.4) is 0 Å². The number of aromatic nitrogens is 1.